The van der Waals surface area contributed by atoms with Crippen molar-refractivity contribution in [1.29, 1.82) is 0 Å². The molecule has 0 N–H and O–H groups in total. The van der Waals surface area contributed by atoms with Crippen LogP contribution in [0.5, 0.6) is 5.88 Å². The smallest absolute Gasteiger partial charge is 0.263 e. The van der Waals surface area contributed by atoms with Crippen LogP contribution in [0.2, 0.25) is 0 Å². The Hall–Kier alpha value is -2.81. The zero-order valence-electron chi connectivity index (χ0n) is 13.4. The van der Waals surface area contributed by atoms with Gasteiger partial charge < -0.3 is 9.64 Å². The average Bonchev–Trinajstić information content (AvgIpc) is 3.41. The first-order chi connectivity index (χ1) is 12.3. The molecule has 4 rings (SSSR count). The second-order valence-electron chi connectivity index (χ2n) is 5.69. The minimum absolute atomic E-state index is 0.0869. The largest absolute Gasteiger partial charge is 0.470 e. The molecule has 0 aliphatic carbocycles. The summed E-state index contributed by atoms with van der Waals surface area (Å²) in [4.78, 5) is 23.0. The lowest BCUT2D eigenvalue weighted by molar-refractivity contribution is 0.0791. The van der Waals surface area contributed by atoms with E-state index in [4.69, 9.17) is 4.74 Å². The molecule has 0 spiro atoms. The van der Waals surface area contributed by atoms with E-state index < -0.39 is 0 Å². The molecule has 8 nitrogen and oxygen atoms in total. The van der Waals surface area contributed by atoms with Gasteiger partial charge in [0.1, 0.15) is 12.3 Å². The summed E-state index contributed by atoms with van der Waals surface area (Å²) in [6.07, 6.45) is 7.44. The average molecular weight is 356 g/mol. The molecule has 25 heavy (non-hydrogen) atoms. The third-order valence-electron chi connectivity index (χ3n) is 4.02. The van der Waals surface area contributed by atoms with Crippen LogP contribution in [0.3, 0.4) is 0 Å². The molecule has 1 atom stereocenters. The Balaban J connectivity index is 1.35. The van der Waals surface area contributed by atoms with Gasteiger partial charge in [0.05, 0.1) is 23.3 Å². The summed E-state index contributed by atoms with van der Waals surface area (Å²) in [5, 5.41) is 10.2. The third-order valence-corrected chi connectivity index (χ3v) is 4.88. The maximum atomic E-state index is 12.4. The van der Waals surface area contributed by atoms with Crippen LogP contribution in [0.15, 0.2) is 42.3 Å². The van der Waals surface area contributed by atoms with E-state index in [1.165, 1.54) is 11.3 Å². The lowest BCUT2D eigenvalue weighted by atomic mass is 10.3. The van der Waals surface area contributed by atoms with E-state index in [1.54, 1.807) is 18.6 Å². The maximum absolute atomic E-state index is 12.4. The van der Waals surface area contributed by atoms with E-state index in [-0.39, 0.29) is 18.6 Å². The van der Waals surface area contributed by atoms with E-state index in [9.17, 15) is 4.79 Å². The van der Waals surface area contributed by atoms with Crippen molar-refractivity contribution >= 4 is 17.2 Å². The second-order valence-corrected chi connectivity index (χ2v) is 6.64. The highest BCUT2D eigenvalue weighted by atomic mass is 32.1. The molecule has 0 aromatic carbocycles. The van der Waals surface area contributed by atoms with Crippen molar-refractivity contribution in [3.8, 4) is 5.88 Å². The first-order valence-corrected chi connectivity index (χ1v) is 8.80. The maximum Gasteiger partial charge on any atom is 0.263 e. The molecule has 1 saturated heterocycles. The number of carbonyl (C=O) groups is 1. The van der Waals surface area contributed by atoms with Crippen molar-refractivity contribution < 1.29 is 9.53 Å². The molecule has 3 aromatic rings. The summed E-state index contributed by atoms with van der Waals surface area (Å²) in [7, 11) is 0. The van der Waals surface area contributed by atoms with E-state index in [2.05, 4.69) is 20.3 Å². The highest BCUT2D eigenvalue weighted by Crippen LogP contribution is 2.24. The van der Waals surface area contributed by atoms with Crippen LogP contribution in [0.1, 0.15) is 27.8 Å². The van der Waals surface area contributed by atoms with Crippen molar-refractivity contribution in [1.82, 2.24) is 29.9 Å². The van der Waals surface area contributed by atoms with Crippen molar-refractivity contribution in [3.63, 3.8) is 0 Å². The molecule has 3 aromatic heterocycles. The standard InChI is InChI=1S/C16H16N6O2S/c23-16(14-2-1-7-25-14)21-6-3-13(10-21)22-9-12(19-20-22)11-24-15-8-17-4-5-18-15/h1-2,4-5,7-9,13H,3,6,10-11H2. The molecule has 4 heterocycles. The van der Waals surface area contributed by atoms with Crippen molar-refractivity contribution in [2.24, 2.45) is 0 Å². The number of hydrogen-bond donors (Lipinski definition) is 0. The Morgan fingerprint density at radius 2 is 2.36 bits per heavy atom. The fraction of sp³-hybridized carbons (Fsp3) is 0.312. The van der Waals surface area contributed by atoms with Crippen molar-refractivity contribution in [2.45, 2.75) is 19.1 Å². The zero-order valence-corrected chi connectivity index (χ0v) is 14.2. The Kier molecular flexibility index (Phi) is 4.38. The van der Waals surface area contributed by atoms with Gasteiger partial charge in [-0.05, 0) is 17.9 Å². The summed E-state index contributed by atoms with van der Waals surface area (Å²) in [6.45, 7) is 1.65. The van der Waals surface area contributed by atoms with Crippen LogP contribution in [-0.4, -0.2) is 48.9 Å². The number of carbonyl (C=O) groups excluding carboxylic acids is 1. The van der Waals surface area contributed by atoms with Crippen LogP contribution in [0, 0.1) is 0 Å². The molecular weight excluding hydrogens is 340 g/mol. The van der Waals surface area contributed by atoms with E-state index >= 15 is 0 Å². The minimum Gasteiger partial charge on any atom is -0.470 e. The monoisotopic (exact) mass is 356 g/mol. The van der Waals surface area contributed by atoms with Crippen LogP contribution in [-0.2, 0) is 6.61 Å². The Bertz CT molecular complexity index is 835. The van der Waals surface area contributed by atoms with E-state index in [0.29, 0.717) is 18.1 Å². The van der Waals surface area contributed by atoms with Gasteiger partial charge in [-0.2, -0.15) is 0 Å². The van der Waals surface area contributed by atoms with Gasteiger partial charge in [-0.25, -0.2) is 9.67 Å². The number of ether oxygens (including phenoxy) is 1. The van der Waals surface area contributed by atoms with Gasteiger partial charge in [0.2, 0.25) is 5.88 Å². The summed E-state index contributed by atoms with van der Waals surface area (Å²) in [6, 6.07) is 3.89. The molecule has 1 fully saturated rings. The quantitative estimate of drug-likeness (QED) is 0.693. The van der Waals surface area contributed by atoms with Gasteiger partial charge in [0, 0.05) is 25.5 Å². The molecule has 0 radical (unpaired) electrons. The Morgan fingerprint density at radius 1 is 1.40 bits per heavy atom. The highest BCUT2D eigenvalue weighted by Gasteiger charge is 2.29. The number of amides is 1. The molecule has 1 aliphatic rings. The first kappa shape index (κ1) is 15.7. The van der Waals surface area contributed by atoms with Crippen LogP contribution < -0.4 is 4.74 Å². The number of hydrogen-bond acceptors (Lipinski definition) is 7. The fourth-order valence-corrected chi connectivity index (χ4v) is 3.45. The summed E-state index contributed by atoms with van der Waals surface area (Å²) >= 11 is 1.47. The van der Waals surface area contributed by atoms with Crippen molar-refractivity contribution in [2.75, 3.05) is 13.1 Å². The summed E-state index contributed by atoms with van der Waals surface area (Å²) < 4.78 is 7.34. The lowest BCUT2D eigenvalue weighted by Crippen LogP contribution is -2.28. The summed E-state index contributed by atoms with van der Waals surface area (Å²) in [5.41, 5.74) is 0.716. The van der Waals surface area contributed by atoms with E-state index in [0.717, 1.165) is 17.8 Å². The van der Waals surface area contributed by atoms with Crippen LogP contribution >= 0.6 is 11.3 Å². The molecule has 1 unspecified atom stereocenters. The van der Waals surface area contributed by atoms with Gasteiger partial charge in [0.15, 0.2) is 0 Å². The molecular formula is C16H16N6O2S. The number of thiophene rings is 1. The molecule has 128 valence electrons. The van der Waals surface area contributed by atoms with Crippen LogP contribution in [0.4, 0.5) is 0 Å². The van der Waals surface area contributed by atoms with Gasteiger partial charge in [0.25, 0.3) is 5.91 Å². The number of aromatic nitrogens is 5. The normalized spacial score (nSPS) is 17.0. The van der Waals surface area contributed by atoms with Gasteiger partial charge in [-0.3, -0.25) is 9.78 Å². The molecule has 1 aliphatic heterocycles. The lowest BCUT2D eigenvalue weighted by Gasteiger charge is -2.15. The zero-order chi connectivity index (χ0) is 17.1. The minimum atomic E-state index is 0.0869. The number of rotatable bonds is 5. The molecule has 0 saturated carbocycles. The molecule has 1 amide bonds. The van der Waals surface area contributed by atoms with Crippen LogP contribution in [0.25, 0.3) is 0 Å². The predicted octanol–water partition coefficient (Wildman–Crippen LogP) is 1.80. The fourth-order valence-electron chi connectivity index (χ4n) is 2.76. The second kappa shape index (κ2) is 6.98. The Labute approximate surface area is 148 Å². The summed E-state index contributed by atoms with van der Waals surface area (Å²) in [5.74, 6) is 0.537. The SMILES string of the molecule is O=C(c1cccs1)N1CCC(n2cc(COc3cnccn3)nn2)C1. The van der Waals surface area contributed by atoms with Gasteiger partial charge in [-0.1, -0.05) is 11.3 Å². The first-order valence-electron chi connectivity index (χ1n) is 7.92. The van der Waals surface area contributed by atoms with Gasteiger partial charge >= 0.3 is 0 Å². The molecule has 0 bridgehead atoms. The topological polar surface area (TPSA) is 86.0 Å². The van der Waals surface area contributed by atoms with Crippen molar-refractivity contribution in [3.05, 3.63) is 52.9 Å². The molecule has 9 heteroatoms. The number of nitrogens with zero attached hydrogens (tertiary/aromatic N) is 6. The predicted molar refractivity (Wildman–Crippen MR) is 90.3 cm³/mol. The third kappa shape index (κ3) is 3.50. The van der Waals surface area contributed by atoms with E-state index in [1.807, 2.05) is 33.3 Å². The number of likely N-dealkylation sites (tertiary alicyclic amines) is 1. The highest BCUT2D eigenvalue weighted by molar-refractivity contribution is 7.12. The Morgan fingerprint density at radius 3 is 3.16 bits per heavy atom. The van der Waals surface area contributed by atoms with Gasteiger partial charge in [-0.15, -0.1) is 16.4 Å².